The zero-order valence-electron chi connectivity index (χ0n) is 41.0. The van der Waals surface area contributed by atoms with E-state index in [1.165, 1.54) is 0 Å². The van der Waals surface area contributed by atoms with Gasteiger partial charge in [0.15, 0.2) is 11.5 Å². The minimum Gasteiger partial charge on any atom is -0.497 e. The summed E-state index contributed by atoms with van der Waals surface area (Å²) in [6.45, 7) is 0. The Bertz CT molecular complexity index is 2530. The van der Waals surface area contributed by atoms with E-state index < -0.39 is 0 Å². The van der Waals surface area contributed by atoms with Crippen LogP contribution < -0.4 is 52.1 Å². The quantitative estimate of drug-likeness (QED) is 0.124. The Morgan fingerprint density at radius 3 is 1.10 bits per heavy atom. The molecule has 0 radical (unpaired) electrons. The average molecular weight is 1430 g/mol. The molecule has 384 valence electrons. The molecular weight excluding hydrogens is 1370 g/mol. The van der Waals surface area contributed by atoms with Crippen LogP contribution in [0.25, 0.3) is 0 Å². The van der Waals surface area contributed by atoms with E-state index in [-0.39, 0.29) is 0 Å². The molecule has 71 heavy (non-hydrogen) atoms. The van der Waals surface area contributed by atoms with Gasteiger partial charge in [0.1, 0.15) is 56.2 Å². The van der Waals surface area contributed by atoms with E-state index in [1.807, 2.05) is 146 Å². The third-order valence-electron chi connectivity index (χ3n) is 8.58. The molecule has 0 fully saturated rings. The van der Waals surface area contributed by atoms with Gasteiger partial charge in [-0.15, -0.1) is 0 Å². The Morgan fingerprint density at radius 2 is 0.648 bits per heavy atom. The van der Waals surface area contributed by atoms with Crippen LogP contribution in [0.1, 0.15) is 0 Å². The van der Waals surface area contributed by atoms with Crippen molar-refractivity contribution in [3.05, 3.63) is 177 Å². The minimum atomic E-state index is 0.731. The van der Waals surface area contributed by atoms with E-state index >= 15 is 0 Å². The molecule has 0 bridgehead atoms. The molecule has 0 aliphatic rings. The number of ether oxygens (including phenoxy) is 11. The van der Waals surface area contributed by atoms with Crippen LogP contribution in [0.15, 0.2) is 177 Å². The van der Waals surface area contributed by atoms with Crippen LogP contribution in [0.3, 0.4) is 0 Å². The van der Waals surface area contributed by atoms with Crippen LogP contribution in [-0.2, 0) is 0 Å². The van der Waals surface area contributed by atoms with Gasteiger partial charge in [0.2, 0.25) is 0 Å². The first kappa shape index (κ1) is 64.7. The van der Waals surface area contributed by atoms with E-state index in [4.69, 9.17) is 52.1 Å². The van der Waals surface area contributed by atoms with Gasteiger partial charge < -0.3 is 52.1 Å². The molecule has 0 aliphatic carbocycles. The zero-order valence-corrected chi connectivity index (χ0v) is 52.1. The molecule has 7 rings (SSSR count). The summed E-state index contributed by atoms with van der Waals surface area (Å²) in [5.74, 6) is 8.88. The van der Waals surface area contributed by atoms with Gasteiger partial charge in [0, 0.05) is 15.0 Å². The maximum Gasteiger partial charge on any atom is 0.174 e. The fraction of sp³-hybridized carbons (Fsp3) is 0.208. The predicted molar refractivity (Wildman–Crippen MR) is 311 cm³/mol. The van der Waals surface area contributed by atoms with E-state index in [2.05, 4.69) is 112 Å². The number of methoxy groups -OCH3 is 11. The van der Waals surface area contributed by atoms with Crippen LogP contribution in [0.4, 0.5) is 0 Å². The topological polar surface area (TPSA) is 102 Å². The molecule has 7 aromatic rings. The highest BCUT2D eigenvalue weighted by Crippen LogP contribution is 2.35. The standard InChI is InChI=1S/4C8H9BrO2.3C7H7BrO/c1-10-6-3-4-8(11-2)7(9)5-6;1-10-6-3-4-7(9)8(5-6)11-2;1-10-6-4-3-5-7(11-2)8(6)9;1-10-7-5-3-4-6(9)8(7)11-2;1-9-7-4-2-6(8)3-5-7;1-9-7-4-2-3-6(8)5-7;1-9-7-5-3-2-4-6(7)8/h4*3-5H,1-2H3;3*2-5H,1H3. The van der Waals surface area contributed by atoms with Crippen LogP contribution in [0.2, 0.25) is 0 Å². The summed E-state index contributed by atoms with van der Waals surface area (Å²) in [6.07, 6.45) is 0. The Morgan fingerprint density at radius 1 is 0.239 bits per heavy atom. The summed E-state index contributed by atoms with van der Waals surface area (Å²) >= 11 is 23.4. The normalized spacial score (nSPS) is 9.27. The summed E-state index contributed by atoms with van der Waals surface area (Å²) in [7, 11) is 18.0. The molecule has 11 nitrogen and oxygen atoms in total. The lowest BCUT2D eigenvalue weighted by Crippen LogP contribution is -1.90. The molecule has 7 aromatic carbocycles. The molecule has 0 spiro atoms. The van der Waals surface area contributed by atoms with Crippen molar-refractivity contribution >= 4 is 112 Å². The molecule has 0 saturated carbocycles. The fourth-order valence-corrected chi connectivity index (χ4v) is 8.09. The number of benzene rings is 7. The second-order valence-electron chi connectivity index (χ2n) is 12.9. The summed E-state index contributed by atoms with van der Waals surface area (Å²) in [6, 6.07) is 45.6. The van der Waals surface area contributed by atoms with Crippen molar-refractivity contribution in [1.29, 1.82) is 0 Å². The lowest BCUT2D eigenvalue weighted by atomic mass is 10.3. The van der Waals surface area contributed by atoms with Crippen molar-refractivity contribution in [2.24, 2.45) is 0 Å². The molecule has 0 atom stereocenters. The van der Waals surface area contributed by atoms with Gasteiger partial charge in [-0.3, -0.25) is 0 Å². The molecule has 0 heterocycles. The Hall–Kier alpha value is -4.30. The summed E-state index contributed by atoms with van der Waals surface area (Å²) in [5, 5.41) is 0. The van der Waals surface area contributed by atoms with Crippen molar-refractivity contribution in [2.45, 2.75) is 0 Å². The SMILES string of the molecule is COc1ccc(Br)c(OC)c1.COc1ccc(Br)cc1.COc1ccc(OC)c(Br)c1.COc1cccc(Br)c1.COc1cccc(Br)c1OC.COc1cccc(OC)c1Br.COc1ccccc1Br. The lowest BCUT2D eigenvalue weighted by molar-refractivity contribution is 0.353. The zero-order chi connectivity index (χ0) is 53.1. The van der Waals surface area contributed by atoms with E-state index in [0.717, 1.165) is 94.6 Å². The van der Waals surface area contributed by atoms with E-state index in [1.54, 1.807) is 78.2 Å². The number of rotatable bonds is 11. The molecular formula is C53H57Br7O11. The van der Waals surface area contributed by atoms with E-state index in [0.29, 0.717) is 0 Å². The summed E-state index contributed by atoms with van der Waals surface area (Å²) in [5.41, 5.74) is 0. The van der Waals surface area contributed by atoms with Crippen molar-refractivity contribution in [2.75, 3.05) is 78.2 Å². The molecule has 0 saturated heterocycles. The van der Waals surface area contributed by atoms with Crippen LogP contribution in [0, 0.1) is 0 Å². The summed E-state index contributed by atoms with van der Waals surface area (Å²) in [4.78, 5) is 0. The summed E-state index contributed by atoms with van der Waals surface area (Å²) < 4.78 is 62.0. The van der Waals surface area contributed by atoms with Crippen LogP contribution in [0.5, 0.6) is 63.2 Å². The Kier molecular flexibility index (Phi) is 34.9. The van der Waals surface area contributed by atoms with Crippen molar-refractivity contribution in [3.8, 4) is 63.2 Å². The van der Waals surface area contributed by atoms with Gasteiger partial charge in [0.05, 0.1) is 96.1 Å². The monoisotopic (exact) mass is 1420 g/mol. The second-order valence-corrected chi connectivity index (χ2v) is 18.9. The molecule has 0 N–H and O–H groups in total. The largest absolute Gasteiger partial charge is 0.497 e. The molecule has 0 unspecified atom stereocenters. The van der Waals surface area contributed by atoms with Crippen LogP contribution in [-0.4, -0.2) is 78.2 Å². The van der Waals surface area contributed by atoms with Gasteiger partial charge >= 0.3 is 0 Å². The first-order valence-electron chi connectivity index (χ1n) is 20.5. The smallest absolute Gasteiger partial charge is 0.174 e. The third kappa shape index (κ3) is 25.3. The highest BCUT2D eigenvalue weighted by Gasteiger charge is 2.06. The maximum atomic E-state index is 5.10. The first-order chi connectivity index (χ1) is 34.1. The third-order valence-corrected chi connectivity index (χ3v) is 12.9. The van der Waals surface area contributed by atoms with Gasteiger partial charge in [-0.1, -0.05) is 62.2 Å². The molecule has 0 aliphatic heterocycles. The first-order valence-corrected chi connectivity index (χ1v) is 26.0. The van der Waals surface area contributed by atoms with Gasteiger partial charge in [-0.05, 0) is 189 Å². The van der Waals surface area contributed by atoms with Gasteiger partial charge in [-0.2, -0.15) is 0 Å². The maximum absolute atomic E-state index is 5.10. The Labute approximate surface area is 477 Å². The average Bonchev–Trinajstić information content (AvgIpc) is 3.40. The van der Waals surface area contributed by atoms with Gasteiger partial charge in [-0.25, -0.2) is 0 Å². The second kappa shape index (κ2) is 38.3. The fourth-order valence-electron chi connectivity index (χ4n) is 4.97. The number of para-hydroxylation sites is 2. The van der Waals surface area contributed by atoms with E-state index in [9.17, 15) is 0 Å². The van der Waals surface area contributed by atoms with Gasteiger partial charge in [0.25, 0.3) is 0 Å². The Balaban J connectivity index is 0.000000415. The molecule has 18 heteroatoms. The predicted octanol–water partition coefficient (Wildman–Crippen LogP) is 17.2. The van der Waals surface area contributed by atoms with Crippen LogP contribution >= 0.6 is 112 Å². The number of hydrogen-bond acceptors (Lipinski definition) is 11. The molecule has 0 amide bonds. The minimum absolute atomic E-state index is 0.731. The lowest BCUT2D eigenvalue weighted by Gasteiger charge is -2.07. The van der Waals surface area contributed by atoms with Crippen molar-refractivity contribution < 1.29 is 52.1 Å². The van der Waals surface area contributed by atoms with Crippen molar-refractivity contribution in [1.82, 2.24) is 0 Å². The number of hydrogen-bond donors (Lipinski definition) is 0. The molecule has 0 aromatic heterocycles. The van der Waals surface area contributed by atoms with Crippen molar-refractivity contribution in [3.63, 3.8) is 0 Å². The number of halogens is 7. The highest BCUT2D eigenvalue weighted by molar-refractivity contribution is 9.11. The highest BCUT2D eigenvalue weighted by atomic mass is 79.9.